The van der Waals surface area contributed by atoms with E-state index in [9.17, 15) is 0 Å². The van der Waals surface area contributed by atoms with E-state index in [4.69, 9.17) is 0 Å². The van der Waals surface area contributed by atoms with Crippen LogP contribution in [-0.2, 0) is 16.1 Å². The molecule has 0 amide bonds. The Balaban J connectivity index is 2.09. The van der Waals surface area contributed by atoms with Crippen LogP contribution in [0.3, 0.4) is 0 Å². The van der Waals surface area contributed by atoms with Gasteiger partial charge >= 0.3 is 148 Å². The fourth-order valence-electron chi connectivity index (χ4n) is 2.91. The Hall–Kier alpha value is -2.17. The zero-order chi connectivity index (χ0) is 16.2. The fourth-order valence-corrected chi connectivity index (χ4v) is 14.0. The van der Waals surface area contributed by atoms with Gasteiger partial charge in [-0.05, 0) is 0 Å². The summed E-state index contributed by atoms with van der Waals surface area (Å²) in [7, 11) is 0. The number of hydrogen-bond donors (Lipinski definition) is 0. The van der Waals surface area contributed by atoms with Crippen LogP contribution in [0.25, 0.3) is 0 Å². The van der Waals surface area contributed by atoms with Crippen molar-refractivity contribution < 1.29 is 16.1 Å². The second-order valence-corrected chi connectivity index (χ2v) is 14.1. The van der Waals surface area contributed by atoms with Gasteiger partial charge in [0.2, 0.25) is 0 Å². The number of allylic oxidation sites excluding steroid dienone is 4. The summed E-state index contributed by atoms with van der Waals surface area (Å²) in [5, 5.41) is 0. The first kappa shape index (κ1) is 15.4. The van der Waals surface area contributed by atoms with Gasteiger partial charge in [0.15, 0.2) is 0 Å². The van der Waals surface area contributed by atoms with Gasteiger partial charge in [-0.1, -0.05) is 0 Å². The first-order valence-electron chi connectivity index (χ1n) is 8.09. The first-order chi connectivity index (χ1) is 11.9. The van der Waals surface area contributed by atoms with Crippen LogP contribution in [0.2, 0.25) is 0 Å². The average molecular weight is 491 g/mol. The Morgan fingerprint density at radius 3 is 1.29 bits per heavy atom. The normalized spacial score (nSPS) is 14.4. The molecule has 24 heavy (non-hydrogen) atoms. The molecule has 0 radical (unpaired) electrons. The van der Waals surface area contributed by atoms with Crippen molar-refractivity contribution in [3.8, 4) is 0 Å². The van der Waals surface area contributed by atoms with Gasteiger partial charge in [0.05, 0.1) is 0 Å². The quantitative estimate of drug-likeness (QED) is 0.519. The molecule has 0 aliphatic heterocycles. The minimum absolute atomic E-state index is 1.05. The molecule has 0 unspecified atom stereocenters. The summed E-state index contributed by atoms with van der Waals surface area (Å²) >= 11 is -2.80. The molecule has 0 aromatic heterocycles. The summed E-state index contributed by atoms with van der Waals surface area (Å²) in [5.41, 5.74) is 0. The zero-order valence-corrected chi connectivity index (χ0v) is 15.7. The summed E-state index contributed by atoms with van der Waals surface area (Å²) in [4.78, 5) is 0. The standard InChI is InChI=1S/3C6H5.C5H5.Pt/c3*1-2-4-6-5-3-1;1-2-4-5-3-1;/h3*1-5H;1-2,5H,3H2;. The van der Waals surface area contributed by atoms with Gasteiger partial charge in [-0.3, -0.25) is 0 Å². The van der Waals surface area contributed by atoms with E-state index in [-0.39, 0.29) is 0 Å². The molecular weight excluding hydrogens is 471 g/mol. The van der Waals surface area contributed by atoms with Crippen molar-refractivity contribution in [1.29, 1.82) is 0 Å². The molecule has 0 bridgehead atoms. The Morgan fingerprint density at radius 2 is 0.958 bits per heavy atom. The average Bonchev–Trinajstić information content (AvgIpc) is 3.20. The van der Waals surface area contributed by atoms with Gasteiger partial charge in [-0.15, -0.1) is 0 Å². The van der Waals surface area contributed by atoms with Crippen LogP contribution < -0.4 is 11.9 Å². The Kier molecular flexibility index (Phi) is 4.32. The monoisotopic (exact) mass is 491 g/mol. The number of rotatable bonds is 4. The zero-order valence-electron chi connectivity index (χ0n) is 13.4. The van der Waals surface area contributed by atoms with Gasteiger partial charge in [-0.2, -0.15) is 0 Å². The summed E-state index contributed by atoms with van der Waals surface area (Å²) in [6, 6.07) is 33.4. The van der Waals surface area contributed by atoms with E-state index in [0.717, 1.165) is 6.42 Å². The van der Waals surface area contributed by atoms with Gasteiger partial charge in [0, 0.05) is 0 Å². The van der Waals surface area contributed by atoms with Gasteiger partial charge < -0.3 is 0 Å². The van der Waals surface area contributed by atoms with Crippen molar-refractivity contribution >= 4 is 11.9 Å². The van der Waals surface area contributed by atoms with Crippen molar-refractivity contribution in [2.75, 3.05) is 0 Å². The topological polar surface area (TPSA) is 0 Å². The van der Waals surface area contributed by atoms with Crippen LogP contribution in [0.5, 0.6) is 0 Å². The molecule has 0 saturated heterocycles. The van der Waals surface area contributed by atoms with E-state index in [2.05, 4.69) is 109 Å². The summed E-state index contributed by atoms with van der Waals surface area (Å²) in [6.45, 7) is 0. The SMILES string of the molecule is C1=C[C]([Pt]([c]2ccccc2)([c]2ccccc2)[c]2ccccc2)=CC1. The molecule has 1 heteroatoms. The molecule has 122 valence electrons. The van der Waals surface area contributed by atoms with Crippen molar-refractivity contribution in [2.24, 2.45) is 0 Å². The van der Waals surface area contributed by atoms with Crippen molar-refractivity contribution in [1.82, 2.24) is 0 Å². The second-order valence-electron chi connectivity index (χ2n) is 5.45. The molecule has 0 spiro atoms. The summed E-state index contributed by atoms with van der Waals surface area (Å²) in [6.07, 6.45) is 8.14. The van der Waals surface area contributed by atoms with Crippen molar-refractivity contribution in [3.63, 3.8) is 0 Å². The van der Waals surface area contributed by atoms with Crippen LogP contribution in [0.1, 0.15) is 6.42 Å². The molecule has 3 aromatic rings. The molecule has 0 nitrogen and oxygen atoms in total. The van der Waals surface area contributed by atoms with E-state index < -0.39 is 16.1 Å². The Labute approximate surface area is 147 Å². The molecule has 4 rings (SSSR count). The molecule has 0 atom stereocenters. The third-order valence-electron chi connectivity index (χ3n) is 3.94. The number of benzene rings is 3. The fraction of sp³-hybridized carbons (Fsp3) is 0.0435. The minimum atomic E-state index is -2.80. The Morgan fingerprint density at radius 1 is 0.542 bits per heavy atom. The molecular formula is C23H20Pt. The molecule has 0 heterocycles. The van der Waals surface area contributed by atoms with Crippen LogP contribution in [0, 0.1) is 0 Å². The van der Waals surface area contributed by atoms with Crippen LogP contribution >= 0.6 is 0 Å². The molecule has 1 aliphatic carbocycles. The van der Waals surface area contributed by atoms with Gasteiger partial charge in [0.1, 0.15) is 0 Å². The number of hydrogen-bond acceptors (Lipinski definition) is 0. The summed E-state index contributed by atoms with van der Waals surface area (Å²) in [5.74, 6) is 0. The Bertz CT molecular complexity index is 765. The predicted molar refractivity (Wildman–Crippen MR) is 100 cm³/mol. The third kappa shape index (κ3) is 2.52. The van der Waals surface area contributed by atoms with Crippen molar-refractivity contribution in [2.45, 2.75) is 6.42 Å². The molecule has 0 fully saturated rings. The van der Waals surface area contributed by atoms with E-state index in [1.165, 1.54) is 15.8 Å². The van der Waals surface area contributed by atoms with Crippen molar-refractivity contribution in [3.05, 3.63) is 113 Å². The van der Waals surface area contributed by atoms with E-state index >= 15 is 0 Å². The van der Waals surface area contributed by atoms with E-state index in [0.29, 0.717) is 0 Å². The van der Waals surface area contributed by atoms with E-state index in [1.54, 1.807) is 0 Å². The first-order valence-corrected chi connectivity index (χ1v) is 12.6. The van der Waals surface area contributed by atoms with Crippen LogP contribution in [-0.4, -0.2) is 0 Å². The third-order valence-corrected chi connectivity index (χ3v) is 14.9. The molecule has 0 saturated carbocycles. The van der Waals surface area contributed by atoms with Crippen LogP contribution in [0.15, 0.2) is 113 Å². The van der Waals surface area contributed by atoms with Gasteiger partial charge in [0.25, 0.3) is 0 Å². The van der Waals surface area contributed by atoms with Gasteiger partial charge in [-0.25, -0.2) is 0 Å². The second kappa shape index (κ2) is 6.75. The predicted octanol–water partition coefficient (Wildman–Crippen LogP) is 3.96. The molecule has 0 N–H and O–H groups in total. The maximum atomic E-state index is 2.43. The van der Waals surface area contributed by atoms with E-state index in [1.807, 2.05) is 0 Å². The van der Waals surface area contributed by atoms with Crippen LogP contribution in [0.4, 0.5) is 0 Å². The molecule has 3 aromatic carbocycles. The summed E-state index contributed by atoms with van der Waals surface area (Å²) < 4.78 is 5.99. The maximum absolute atomic E-state index is 2.80. The molecule has 1 aliphatic rings.